The highest BCUT2D eigenvalue weighted by Gasteiger charge is 2.33. The molecule has 2 aliphatic rings. The molecule has 0 aliphatic carbocycles. The minimum atomic E-state index is -1.07. The summed E-state index contributed by atoms with van der Waals surface area (Å²) in [6, 6.07) is 32.2. The van der Waals surface area contributed by atoms with Gasteiger partial charge in [0, 0.05) is 23.5 Å². The van der Waals surface area contributed by atoms with Crippen molar-refractivity contribution in [3.05, 3.63) is 177 Å². The zero-order chi connectivity index (χ0) is 37.6. The number of hydrogen-bond acceptors (Lipinski definition) is 7. The van der Waals surface area contributed by atoms with Gasteiger partial charge in [0.15, 0.2) is 5.37 Å². The van der Waals surface area contributed by atoms with Crippen molar-refractivity contribution in [2.45, 2.75) is 25.1 Å². The van der Waals surface area contributed by atoms with Gasteiger partial charge in [-0.25, -0.2) is 18.6 Å². The Balaban J connectivity index is 1.14. The number of nitrogens with zero attached hydrogens (tertiary/aromatic N) is 2. The van der Waals surface area contributed by atoms with Gasteiger partial charge in [-0.15, -0.1) is 10.5 Å². The molecule has 5 aromatic carbocycles. The fraction of sp³-hybridized carbons (Fsp3) is 0.0976. The number of aliphatic carboxylic acids is 1. The molecule has 2 heterocycles. The number of anilines is 2. The summed E-state index contributed by atoms with van der Waals surface area (Å²) in [6.45, 7) is 0.714. The summed E-state index contributed by atoms with van der Waals surface area (Å²) >= 11 is 13.2. The smallest absolute Gasteiger partial charge is 0.336 e. The van der Waals surface area contributed by atoms with Gasteiger partial charge in [-0.05, 0) is 88.8 Å². The number of halogens is 4. The first-order valence-corrected chi connectivity index (χ1v) is 18.8. The number of fused-ring (bicyclic) bond motifs is 1. The van der Waals surface area contributed by atoms with E-state index in [1.54, 1.807) is 67.0 Å². The van der Waals surface area contributed by atoms with Gasteiger partial charge < -0.3 is 30.1 Å². The number of carboxylic acid groups (broad SMARTS) is 1. The lowest BCUT2D eigenvalue weighted by atomic mass is 10.1. The summed E-state index contributed by atoms with van der Waals surface area (Å²) in [5.41, 5.74) is 4.18. The van der Waals surface area contributed by atoms with Crippen LogP contribution in [0, 0.1) is 11.6 Å². The lowest BCUT2D eigenvalue weighted by Crippen LogP contribution is -2.36. The molecule has 8 nitrogen and oxygen atoms in total. The van der Waals surface area contributed by atoms with Crippen LogP contribution in [0.4, 0.5) is 20.2 Å². The van der Waals surface area contributed by atoms with Crippen LogP contribution < -0.4 is 20.1 Å². The Morgan fingerprint density at radius 3 is 1.96 bits per heavy atom. The topological polar surface area (TPSA) is 95.4 Å². The number of ether oxygens (including phenoxy) is 2. The number of aliphatic imine (C=N–C) groups is 1. The number of rotatable bonds is 14. The normalized spacial score (nSPS) is 15.2. The molecule has 0 amide bonds. The highest BCUT2D eigenvalue weighted by Crippen LogP contribution is 2.40. The van der Waals surface area contributed by atoms with Crippen molar-refractivity contribution >= 4 is 62.4 Å². The van der Waals surface area contributed by atoms with Crippen LogP contribution in [-0.2, 0) is 24.6 Å². The highest BCUT2D eigenvalue weighted by molar-refractivity contribution is 8.20. The second kappa shape index (κ2) is 16.6. The number of hydrogen-bond donors (Lipinski definition) is 3. The van der Waals surface area contributed by atoms with Gasteiger partial charge in [0.25, 0.3) is 0 Å². The number of carbonyl (C=O) groups is 1. The molecule has 0 saturated carbocycles. The van der Waals surface area contributed by atoms with Gasteiger partial charge in [-0.3, -0.25) is 0 Å². The largest absolute Gasteiger partial charge is 0.487 e. The zero-order valence-electron chi connectivity index (χ0n) is 28.4. The quantitative estimate of drug-likeness (QED) is 0.0966. The summed E-state index contributed by atoms with van der Waals surface area (Å²) in [5.74, 6) is -0.450. The van der Waals surface area contributed by atoms with Crippen LogP contribution in [-0.4, -0.2) is 32.7 Å². The maximum Gasteiger partial charge on any atom is 0.336 e. The van der Waals surface area contributed by atoms with Gasteiger partial charge >= 0.3 is 5.97 Å². The average Bonchev–Trinajstić information content (AvgIpc) is 3.60. The molecule has 2 unspecified atom stereocenters. The van der Waals surface area contributed by atoms with E-state index in [2.05, 4.69) is 10.6 Å². The van der Waals surface area contributed by atoms with Gasteiger partial charge in [0.05, 0.1) is 21.4 Å². The Kier molecular flexibility index (Phi) is 11.3. The van der Waals surface area contributed by atoms with Crippen LogP contribution >= 0.6 is 33.7 Å². The SMILES string of the molecule is O=C(O)C(Nc1ccc(OCc2cccc(F)c2)c(Cl)c1)S1=C2C(=C(Nc3ccc(OCc4cccc(F)c4)c(Cl)c3)N=CN2Cc2ccccc2)C=C1. The van der Waals surface area contributed by atoms with Crippen LogP contribution in [0.5, 0.6) is 11.5 Å². The van der Waals surface area contributed by atoms with E-state index < -0.39 is 21.8 Å². The number of carboxylic acids is 1. The molecule has 5 aromatic rings. The third-order valence-electron chi connectivity index (χ3n) is 8.34. The Hall–Kier alpha value is -5.62. The minimum Gasteiger partial charge on any atom is -0.487 e. The summed E-state index contributed by atoms with van der Waals surface area (Å²) in [6.07, 6.45) is 3.57. The Labute approximate surface area is 322 Å². The molecule has 0 spiro atoms. The molecule has 0 saturated heterocycles. The summed E-state index contributed by atoms with van der Waals surface area (Å²) < 4.78 is 38.9. The lowest BCUT2D eigenvalue weighted by molar-refractivity contribution is -0.135. The number of benzene rings is 5. The fourth-order valence-corrected chi connectivity index (χ4v) is 8.35. The standard InChI is InChI=1S/C41H32Cl2F2N4O4S/c42-34-20-31(12-14-36(34)52-23-27-8-4-10-29(44)18-27)47-38-33-16-17-54(40(33)49(25-46-38)22-26-6-2-1-3-7-26)39(41(50)51)48-32-13-15-37(35(43)21-32)53-24-28-9-5-11-30(45)19-28/h1-21,25,39,47-48H,22-24H2,(H,50,51). The van der Waals surface area contributed by atoms with Crippen molar-refractivity contribution in [1.29, 1.82) is 0 Å². The van der Waals surface area contributed by atoms with E-state index in [-0.39, 0.29) is 29.9 Å². The van der Waals surface area contributed by atoms with Crippen molar-refractivity contribution in [2.24, 2.45) is 4.99 Å². The third-order valence-corrected chi connectivity index (χ3v) is 11.1. The van der Waals surface area contributed by atoms with Crippen molar-refractivity contribution in [3.8, 4) is 11.5 Å². The van der Waals surface area contributed by atoms with Crippen LogP contribution in [0.25, 0.3) is 0 Å². The summed E-state index contributed by atoms with van der Waals surface area (Å²) in [4.78, 5) is 20.4. The molecule has 0 radical (unpaired) electrons. The fourth-order valence-electron chi connectivity index (χ4n) is 5.81. The molecule has 7 rings (SSSR count). The van der Waals surface area contributed by atoms with Crippen molar-refractivity contribution in [1.82, 2.24) is 4.90 Å². The molecule has 2 aliphatic heterocycles. The maximum atomic E-state index is 13.6. The van der Waals surface area contributed by atoms with Gasteiger partial charge in [0.1, 0.15) is 42.2 Å². The second-order valence-corrected chi connectivity index (χ2v) is 14.9. The first kappa shape index (κ1) is 36.7. The molecule has 0 fully saturated rings. The van der Waals surface area contributed by atoms with Crippen molar-refractivity contribution in [2.75, 3.05) is 10.6 Å². The lowest BCUT2D eigenvalue weighted by Gasteiger charge is -2.30. The average molecular weight is 786 g/mol. The molecule has 13 heteroatoms. The molecular weight excluding hydrogens is 753 g/mol. The van der Waals surface area contributed by atoms with Gasteiger partial charge in [-0.1, -0.05) is 77.8 Å². The number of nitrogens with one attached hydrogen (secondary N) is 2. The predicted molar refractivity (Wildman–Crippen MR) is 212 cm³/mol. The summed E-state index contributed by atoms with van der Waals surface area (Å²) in [7, 11) is -0.988. The van der Waals surface area contributed by atoms with Crippen molar-refractivity contribution in [3.63, 3.8) is 0 Å². The molecule has 3 N–H and O–H groups in total. The molecular formula is C41H32Cl2F2N4O4S. The van der Waals surface area contributed by atoms with E-state index >= 15 is 0 Å². The Bertz CT molecular complexity index is 2340. The maximum absolute atomic E-state index is 13.6. The first-order valence-electron chi connectivity index (χ1n) is 16.7. The van der Waals surface area contributed by atoms with E-state index in [1.807, 2.05) is 46.7 Å². The van der Waals surface area contributed by atoms with E-state index in [9.17, 15) is 18.7 Å². The molecule has 274 valence electrons. The second-order valence-electron chi connectivity index (χ2n) is 12.2. The zero-order valence-corrected chi connectivity index (χ0v) is 30.7. The van der Waals surface area contributed by atoms with Crippen molar-refractivity contribution < 1.29 is 28.2 Å². The van der Waals surface area contributed by atoms with E-state index in [4.69, 9.17) is 37.7 Å². The Morgan fingerprint density at radius 2 is 1.37 bits per heavy atom. The summed E-state index contributed by atoms with van der Waals surface area (Å²) in [5, 5.41) is 18.5. The van der Waals surface area contributed by atoms with Gasteiger partial charge in [0.2, 0.25) is 0 Å². The molecule has 0 bridgehead atoms. The third kappa shape index (κ3) is 8.77. The van der Waals surface area contributed by atoms with Gasteiger partial charge in [-0.2, -0.15) is 0 Å². The first-order chi connectivity index (χ1) is 26.2. The Morgan fingerprint density at radius 1 is 0.778 bits per heavy atom. The van der Waals surface area contributed by atoms with E-state index in [0.717, 1.165) is 16.1 Å². The minimum absolute atomic E-state index is 0.111. The van der Waals surface area contributed by atoms with E-state index in [1.165, 1.54) is 24.3 Å². The monoisotopic (exact) mass is 784 g/mol. The van der Waals surface area contributed by atoms with Crippen LogP contribution in [0.3, 0.4) is 0 Å². The highest BCUT2D eigenvalue weighted by atomic mass is 35.5. The van der Waals surface area contributed by atoms with Crippen LogP contribution in [0.2, 0.25) is 10.0 Å². The van der Waals surface area contributed by atoms with Crippen LogP contribution in [0.1, 0.15) is 16.7 Å². The predicted octanol–water partition coefficient (Wildman–Crippen LogP) is 10.0. The molecule has 2 atom stereocenters. The van der Waals surface area contributed by atoms with E-state index in [0.29, 0.717) is 51.4 Å². The molecule has 54 heavy (non-hydrogen) atoms. The molecule has 0 aromatic heterocycles. The van der Waals surface area contributed by atoms with Crippen LogP contribution in [0.15, 0.2) is 143 Å².